The molecule has 0 spiro atoms. The highest BCUT2D eigenvalue weighted by Gasteiger charge is 2.29. The van der Waals surface area contributed by atoms with Crippen molar-refractivity contribution >= 4 is 27.5 Å². The largest absolute Gasteiger partial charge is 0.495 e. The van der Waals surface area contributed by atoms with Gasteiger partial charge in [-0.1, -0.05) is 54.1 Å². The van der Waals surface area contributed by atoms with Crippen molar-refractivity contribution in [3.63, 3.8) is 0 Å². The van der Waals surface area contributed by atoms with Crippen molar-refractivity contribution in [2.45, 2.75) is 37.8 Å². The topological polar surface area (TPSA) is 96.0 Å². The minimum Gasteiger partial charge on any atom is -0.495 e. The second-order valence-corrected chi connectivity index (χ2v) is 10.9. The summed E-state index contributed by atoms with van der Waals surface area (Å²) in [5, 5.41) is 2.82. The SMILES string of the molecule is COc1ccccc1N(CC(=O)NCc1ccc(CN2CCCC2=O)cc1)S(=O)(=O)c1ccc(C)cc1. The number of benzene rings is 3. The van der Waals surface area contributed by atoms with Gasteiger partial charge in [0.05, 0.1) is 17.7 Å². The predicted molar refractivity (Wildman–Crippen MR) is 142 cm³/mol. The number of rotatable bonds is 10. The summed E-state index contributed by atoms with van der Waals surface area (Å²) >= 11 is 0. The lowest BCUT2D eigenvalue weighted by molar-refractivity contribution is -0.128. The van der Waals surface area contributed by atoms with Gasteiger partial charge < -0.3 is 15.0 Å². The van der Waals surface area contributed by atoms with E-state index in [1.54, 1.807) is 36.4 Å². The smallest absolute Gasteiger partial charge is 0.264 e. The summed E-state index contributed by atoms with van der Waals surface area (Å²) in [4.78, 5) is 26.7. The molecule has 1 heterocycles. The Balaban J connectivity index is 1.47. The molecule has 1 saturated heterocycles. The summed E-state index contributed by atoms with van der Waals surface area (Å²) in [7, 11) is -2.59. The number of likely N-dealkylation sites (tertiary alicyclic amines) is 1. The van der Waals surface area contributed by atoms with Crippen LogP contribution in [0, 0.1) is 6.92 Å². The Morgan fingerprint density at radius 2 is 1.68 bits per heavy atom. The van der Waals surface area contributed by atoms with E-state index < -0.39 is 22.5 Å². The first-order chi connectivity index (χ1) is 17.8. The lowest BCUT2D eigenvalue weighted by Crippen LogP contribution is -2.40. The summed E-state index contributed by atoms with van der Waals surface area (Å²) in [5.74, 6) is 0.0722. The Bertz CT molecular complexity index is 1360. The molecule has 0 radical (unpaired) electrons. The van der Waals surface area contributed by atoms with Crippen LogP contribution < -0.4 is 14.4 Å². The molecule has 37 heavy (non-hydrogen) atoms. The van der Waals surface area contributed by atoms with Crippen LogP contribution in [0.1, 0.15) is 29.5 Å². The number of aryl methyl sites for hydroxylation is 1. The number of nitrogens with one attached hydrogen (secondary N) is 1. The molecule has 0 bridgehead atoms. The zero-order valence-electron chi connectivity index (χ0n) is 21.0. The van der Waals surface area contributed by atoms with Crippen LogP contribution in [0.15, 0.2) is 77.7 Å². The maximum Gasteiger partial charge on any atom is 0.264 e. The Labute approximate surface area is 217 Å². The first kappa shape index (κ1) is 26.2. The molecule has 9 heteroatoms. The molecule has 194 valence electrons. The first-order valence-corrected chi connectivity index (χ1v) is 13.6. The van der Waals surface area contributed by atoms with Gasteiger partial charge in [0.25, 0.3) is 10.0 Å². The van der Waals surface area contributed by atoms with Crippen LogP contribution in [0.4, 0.5) is 5.69 Å². The Hall–Kier alpha value is -3.85. The zero-order valence-corrected chi connectivity index (χ0v) is 21.8. The van der Waals surface area contributed by atoms with Crippen LogP contribution >= 0.6 is 0 Å². The summed E-state index contributed by atoms with van der Waals surface area (Å²) in [5.41, 5.74) is 3.10. The Morgan fingerprint density at radius 3 is 2.32 bits per heavy atom. The normalized spacial score (nSPS) is 13.5. The lowest BCUT2D eigenvalue weighted by Gasteiger charge is -2.25. The van der Waals surface area contributed by atoms with Gasteiger partial charge in [0.2, 0.25) is 11.8 Å². The van der Waals surface area contributed by atoms with Crippen molar-refractivity contribution < 1.29 is 22.7 Å². The molecular formula is C28H31N3O5S. The van der Waals surface area contributed by atoms with E-state index in [-0.39, 0.29) is 23.0 Å². The molecule has 0 atom stereocenters. The molecule has 3 aromatic rings. The van der Waals surface area contributed by atoms with Gasteiger partial charge in [-0.15, -0.1) is 0 Å². The van der Waals surface area contributed by atoms with Crippen LogP contribution in [0.25, 0.3) is 0 Å². The van der Waals surface area contributed by atoms with Crippen LogP contribution in [0.3, 0.4) is 0 Å². The summed E-state index contributed by atoms with van der Waals surface area (Å²) < 4.78 is 33.6. The van der Waals surface area contributed by atoms with Gasteiger partial charge in [-0.25, -0.2) is 8.42 Å². The molecule has 3 aromatic carbocycles. The minimum absolute atomic E-state index is 0.0869. The third-order valence-corrected chi connectivity index (χ3v) is 8.08. The molecule has 1 fully saturated rings. The maximum atomic E-state index is 13.6. The fourth-order valence-electron chi connectivity index (χ4n) is 4.21. The number of amides is 2. The highest BCUT2D eigenvalue weighted by Crippen LogP contribution is 2.32. The van der Waals surface area contributed by atoms with Crippen LogP contribution in [0.5, 0.6) is 5.75 Å². The third-order valence-electron chi connectivity index (χ3n) is 6.31. The number of hydrogen-bond donors (Lipinski definition) is 1. The molecule has 0 aromatic heterocycles. The van der Waals surface area contributed by atoms with E-state index in [9.17, 15) is 18.0 Å². The minimum atomic E-state index is -4.04. The highest BCUT2D eigenvalue weighted by molar-refractivity contribution is 7.92. The first-order valence-electron chi connectivity index (χ1n) is 12.1. The van der Waals surface area contributed by atoms with Crippen molar-refractivity contribution in [2.75, 3.05) is 24.5 Å². The van der Waals surface area contributed by atoms with Gasteiger partial charge in [0, 0.05) is 26.1 Å². The number of methoxy groups -OCH3 is 1. The standard InChI is InChI=1S/C28H31N3O5S/c1-21-9-15-24(16-10-21)37(34,35)31(25-6-3-4-7-26(25)36-2)20-27(32)29-18-22-11-13-23(14-12-22)19-30-17-5-8-28(30)33/h3-4,6-7,9-16H,5,8,17-20H2,1-2H3,(H,29,32). The molecule has 1 N–H and O–H groups in total. The number of anilines is 1. The summed E-state index contributed by atoms with van der Waals surface area (Å²) in [6, 6.07) is 20.9. The van der Waals surface area contributed by atoms with E-state index in [1.807, 2.05) is 36.1 Å². The number of ether oxygens (including phenoxy) is 1. The van der Waals surface area contributed by atoms with E-state index in [4.69, 9.17) is 4.74 Å². The summed E-state index contributed by atoms with van der Waals surface area (Å²) in [6.07, 6.45) is 1.50. The van der Waals surface area contributed by atoms with Crippen LogP contribution in [0.2, 0.25) is 0 Å². The number of carbonyl (C=O) groups is 2. The quantitative estimate of drug-likeness (QED) is 0.440. The molecule has 2 amide bonds. The molecular weight excluding hydrogens is 490 g/mol. The number of carbonyl (C=O) groups excluding carboxylic acids is 2. The second-order valence-electron chi connectivity index (χ2n) is 9.01. The Morgan fingerprint density at radius 1 is 1.00 bits per heavy atom. The van der Waals surface area contributed by atoms with Crippen LogP contribution in [-0.2, 0) is 32.7 Å². The van der Waals surface area contributed by atoms with Gasteiger partial charge in [-0.05, 0) is 48.7 Å². The van der Waals surface area contributed by atoms with Gasteiger partial charge in [0.15, 0.2) is 0 Å². The van der Waals surface area contributed by atoms with Crippen molar-refractivity contribution in [1.82, 2.24) is 10.2 Å². The molecule has 0 unspecified atom stereocenters. The number of hydrogen-bond acceptors (Lipinski definition) is 5. The van der Waals surface area contributed by atoms with Crippen molar-refractivity contribution in [2.24, 2.45) is 0 Å². The number of nitrogens with zero attached hydrogens (tertiary/aromatic N) is 2. The van der Waals surface area contributed by atoms with Crippen molar-refractivity contribution in [3.8, 4) is 5.75 Å². The molecule has 8 nitrogen and oxygen atoms in total. The maximum absolute atomic E-state index is 13.6. The fraction of sp³-hybridized carbons (Fsp3) is 0.286. The van der Waals surface area contributed by atoms with Gasteiger partial charge in [0.1, 0.15) is 12.3 Å². The molecule has 4 rings (SSSR count). The lowest BCUT2D eigenvalue weighted by atomic mass is 10.1. The third kappa shape index (κ3) is 6.29. The Kier molecular flexibility index (Phi) is 8.13. The van der Waals surface area contributed by atoms with Crippen molar-refractivity contribution in [3.05, 3.63) is 89.5 Å². The van der Waals surface area contributed by atoms with Gasteiger partial charge >= 0.3 is 0 Å². The highest BCUT2D eigenvalue weighted by atomic mass is 32.2. The molecule has 0 aliphatic carbocycles. The van der Waals surface area contributed by atoms with E-state index >= 15 is 0 Å². The van der Waals surface area contributed by atoms with E-state index in [1.165, 1.54) is 19.2 Å². The van der Waals surface area contributed by atoms with Gasteiger partial charge in [-0.2, -0.15) is 0 Å². The average Bonchev–Trinajstić information content (AvgIpc) is 3.31. The van der Waals surface area contributed by atoms with Gasteiger partial charge in [-0.3, -0.25) is 13.9 Å². The summed E-state index contributed by atoms with van der Waals surface area (Å²) in [6.45, 7) is 3.07. The monoisotopic (exact) mass is 521 g/mol. The zero-order chi connectivity index (χ0) is 26.4. The van der Waals surface area contributed by atoms with E-state index in [0.29, 0.717) is 18.7 Å². The van der Waals surface area contributed by atoms with E-state index in [2.05, 4.69) is 5.32 Å². The molecule has 0 saturated carbocycles. The molecule has 1 aliphatic rings. The van der Waals surface area contributed by atoms with E-state index in [0.717, 1.165) is 34.0 Å². The average molecular weight is 522 g/mol. The number of sulfonamides is 1. The second kappa shape index (κ2) is 11.5. The fourth-order valence-corrected chi connectivity index (χ4v) is 5.65. The van der Waals surface area contributed by atoms with Crippen LogP contribution in [-0.4, -0.2) is 45.3 Å². The number of para-hydroxylation sites is 2. The van der Waals surface area contributed by atoms with Crippen molar-refractivity contribution in [1.29, 1.82) is 0 Å². The predicted octanol–water partition coefficient (Wildman–Crippen LogP) is 3.64. The molecule has 1 aliphatic heterocycles.